The first-order valence-corrected chi connectivity index (χ1v) is 4.37. The number of aliphatic carboxylic acids is 1. The van der Waals surface area contributed by atoms with E-state index in [4.69, 9.17) is 14.6 Å². The fraction of sp³-hybridized carbons (Fsp3) is 0.750. The molecule has 0 aromatic rings. The van der Waals surface area contributed by atoms with Crippen LogP contribution in [0.15, 0.2) is 0 Å². The van der Waals surface area contributed by atoms with E-state index in [1.54, 1.807) is 0 Å². The number of amides is 1. The number of carbonyl (C=O) groups is 2. The topological polar surface area (TPSA) is 84.9 Å². The molecule has 80 valence electrons. The van der Waals surface area contributed by atoms with Crippen LogP contribution in [0.1, 0.15) is 13.3 Å². The monoisotopic (exact) mass is 203 g/mol. The Labute approximate surface area is 81.2 Å². The lowest BCUT2D eigenvalue weighted by atomic mass is 10.3. The van der Waals surface area contributed by atoms with Gasteiger partial charge < -0.3 is 19.9 Å². The van der Waals surface area contributed by atoms with Crippen molar-refractivity contribution in [2.45, 2.75) is 25.5 Å². The fourth-order valence-electron chi connectivity index (χ4n) is 1.03. The molecule has 14 heavy (non-hydrogen) atoms. The third kappa shape index (κ3) is 3.21. The summed E-state index contributed by atoms with van der Waals surface area (Å²) in [7, 11) is 0. The third-order valence-corrected chi connectivity index (χ3v) is 1.87. The van der Waals surface area contributed by atoms with Crippen LogP contribution in [0.25, 0.3) is 0 Å². The van der Waals surface area contributed by atoms with Crippen LogP contribution in [0, 0.1) is 0 Å². The first kappa shape index (κ1) is 10.8. The highest BCUT2D eigenvalue weighted by Crippen LogP contribution is 2.07. The Morgan fingerprint density at radius 3 is 2.86 bits per heavy atom. The molecule has 1 heterocycles. The summed E-state index contributed by atoms with van der Waals surface area (Å²) in [5.74, 6) is -1.09. The molecule has 1 aliphatic heterocycles. The zero-order chi connectivity index (χ0) is 10.6. The molecule has 0 spiro atoms. The van der Waals surface area contributed by atoms with Gasteiger partial charge in [0, 0.05) is 6.42 Å². The molecule has 6 heteroatoms. The summed E-state index contributed by atoms with van der Waals surface area (Å²) in [5.41, 5.74) is 0. The van der Waals surface area contributed by atoms with Gasteiger partial charge in [0.05, 0.1) is 13.2 Å². The van der Waals surface area contributed by atoms with Gasteiger partial charge in [-0.05, 0) is 6.92 Å². The van der Waals surface area contributed by atoms with Gasteiger partial charge >= 0.3 is 12.1 Å². The zero-order valence-corrected chi connectivity index (χ0v) is 7.86. The van der Waals surface area contributed by atoms with Gasteiger partial charge in [0.2, 0.25) is 0 Å². The van der Waals surface area contributed by atoms with Crippen LogP contribution in [0.4, 0.5) is 4.79 Å². The lowest BCUT2D eigenvalue weighted by Crippen LogP contribution is -2.40. The SMILES string of the molecule is C[C@H](NC(=O)O[C@H]1CCOC1)C(=O)O. The Morgan fingerprint density at radius 2 is 2.36 bits per heavy atom. The van der Waals surface area contributed by atoms with Crippen molar-refractivity contribution >= 4 is 12.1 Å². The second-order valence-corrected chi connectivity index (χ2v) is 3.10. The lowest BCUT2D eigenvalue weighted by Gasteiger charge is -2.13. The minimum absolute atomic E-state index is 0.254. The van der Waals surface area contributed by atoms with Gasteiger partial charge in [-0.3, -0.25) is 4.79 Å². The van der Waals surface area contributed by atoms with Crippen LogP contribution < -0.4 is 5.32 Å². The largest absolute Gasteiger partial charge is 0.480 e. The molecule has 2 atom stereocenters. The Balaban J connectivity index is 2.24. The molecule has 2 N–H and O–H groups in total. The molecule has 0 aromatic carbocycles. The van der Waals surface area contributed by atoms with E-state index in [1.807, 2.05) is 0 Å². The number of ether oxygens (including phenoxy) is 2. The molecule has 1 fully saturated rings. The number of carbonyl (C=O) groups excluding carboxylic acids is 1. The first-order chi connectivity index (χ1) is 6.59. The van der Waals surface area contributed by atoms with Crippen molar-refractivity contribution in [2.24, 2.45) is 0 Å². The molecule has 0 aliphatic carbocycles. The number of hydrogen-bond acceptors (Lipinski definition) is 4. The van der Waals surface area contributed by atoms with Gasteiger partial charge in [0.15, 0.2) is 0 Å². The van der Waals surface area contributed by atoms with Crippen LogP contribution in [0.2, 0.25) is 0 Å². The molecule has 0 unspecified atom stereocenters. The summed E-state index contributed by atoms with van der Waals surface area (Å²) in [5, 5.41) is 10.7. The number of hydrogen-bond donors (Lipinski definition) is 2. The van der Waals surface area contributed by atoms with Crippen LogP contribution in [-0.4, -0.2) is 42.5 Å². The second kappa shape index (κ2) is 4.80. The molecule has 1 rings (SSSR count). The molecular formula is C8H13NO5. The summed E-state index contributed by atoms with van der Waals surface area (Å²) < 4.78 is 9.88. The minimum atomic E-state index is -1.09. The summed E-state index contributed by atoms with van der Waals surface area (Å²) >= 11 is 0. The minimum Gasteiger partial charge on any atom is -0.480 e. The molecule has 1 saturated heterocycles. The van der Waals surface area contributed by atoms with Crippen LogP contribution in [0.5, 0.6) is 0 Å². The molecule has 1 amide bonds. The smallest absolute Gasteiger partial charge is 0.408 e. The quantitative estimate of drug-likeness (QED) is 0.673. The normalized spacial score (nSPS) is 22.8. The van der Waals surface area contributed by atoms with Gasteiger partial charge in [-0.15, -0.1) is 0 Å². The standard InChI is InChI=1S/C8H13NO5/c1-5(7(10)11)9-8(12)14-6-2-3-13-4-6/h5-6H,2-4H2,1H3,(H,9,12)(H,10,11)/t5-,6-/m0/s1. The third-order valence-electron chi connectivity index (χ3n) is 1.87. The maximum atomic E-state index is 11.1. The Kier molecular flexibility index (Phi) is 3.70. The molecule has 1 aliphatic rings. The first-order valence-electron chi connectivity index (χ1n) is 4.37. The molecule has 0 aromatic heterocycles. The molecule has 0 radical (unpaired) electrons. The van der Waals surface area contributed by atoms with Gasteiger partial charge in [0.25, 0.3) is 0 Å². The summed E-state index contributed by atoms with van der Waals surface area (Å²) in [4.78, 5) is 21.4. The number of carboxylic acid groups (broad SMARTS) is 1. The van der Waals surface area contributed by atoms with Gasteiger partial charge in [0.1, 0.15) is 12.1 Å². The summed E-state index contributed by atoms with van der Waals surface area (Å²) in [6, 6.07) is -0.940. The van der Waals surface area contributed by atoms with Crippen molar-refractivity contribution in [3.63, 3.8) is 0 Å². The Bertz CT molecular complexity index is 224. The zero-order valence-electron chi connectivity index (χ0n) is 7.86. The molecule has 6 nitrogen and oxygen atoms in total. The van der Waals surface area contributed by atoms with Gasteiger partial charge in [-0.25, -0.2) is 4.79 Å². The molecule has 0 bridgehead atoms. The van der Waals surface area contributed by atoms with E-state index in [2.05, 4.69) is 5.32 Å². The number of nitrogens with one attached hydrogen (secondary N) is 1. The maximum Gasteiger partial charge on any atom is 0.408 e. The van der Waals surface area contributed by atoms with Crippen molar-refractivity contribution in [1.82, 2.24) is 5.32 Å². The van der Waals surface area contributed by atoms with Crippen LogP contribution in [0.3, 0.4) is 0 Å². The average molecular weight is 203 g/mol. The lowest BCUT2D eigenvalue weighted by molar-refractivity contribution is -0.138. The van der Waals surface area contributed by atoms with Gasteiger partial charge in [-0.1, -0.05) is 0 Å². The number of alkyl carbamates (subject to hydrolysis) is 1. The van der Waals surface area contributed by atoms with Crippen LogP contribution >= 0.6 is 0 Å². The van der Waals surface area contributed by atoms with Crippen molar-refractivity contribution in [3.8, 4) is 0 Å². The van der Waals surface area contributed by atoms with Crippen molar-refractivity contribution in [1.29, 1.82) is 0 Å². The van der Waals surface area contributed by atoms with Crippen molar-refractivity contribution in [2.75, 3.05) is 13.2 Å². The highest BCUT2D eigenvalue weighted by molar-refractivity contribution is 5.79. The summed E-state index contributed by atoms with van der Waals surface area (Å²) in [6.07, 6.45) is -0.305. The average Bonchev–Trinajstić information content (AvgIpc) is 2.56. The van der Waals surface area contributed by atoms with E-state index >= 15 is 0 Å². The van der Waals surface area contributed by atoms with E-state index < -0.39 is 18.1 Å². The predicted octanol–water partition coefficient (Wildman–Crippen LogP) is -0.0254. The van der Waals surface area contributed by atoms with Gasteiger partial charge in [-0.2, -0.15) is 0 Å². The number of rotatable bonds is 3. The highest BCUT2D eigenvalue weighted by atomic mass is 16.6. The van der Waals surface area contributed by atoms with E-state index in [0.29, 0.717) is 19.6 Å². The molecular weight excluding hydrogens is 190 g/mol. The van der Waals surface area contributed by atoms with Crippen molar-refractivity contribution in [3.05, 3.63) is 0 Å². The fourth-order valence-corrected chi connectivity index (χ4v) is 1.03. The number of carboxylic acids is 1. The van der Waals surface area contributed by atoms with E-state index in [9.17, 15) is 9.59 Å². The second-order valence-electron chi connectivity index (χ2n) is 3.10. The van der Waals surface area contributed by atoms with E-state index in [0.717, 1.165) is 0 Å². The van der Waals surface area contributed by atoms with E-state index in [-0.39, 0.29) is 6.10 Å². The molecule has 0 saturated carbocycles. The van der Waals surface area contributed by atoms with Crippen LogP contribution in [-0.2, 0) is 14.3 Å². The van der Waals surface area contributed by atoms with E-state index in [1.165, 1.54) is 6.92 Å². The summed E-state index contributed by atoms with van der Waals surface area (Å²) in [6.45, 7) is 2.33. The maximum absolute atomic E-state index is 11.1. The Hall–Kier alpha value is -1.30. The highest BCUT2D eigenvalue weighted by Gasteiger charge is 2.22. The predicted molar refractivity (Wildman–Crippen MR) is 45.9 cm³/mol. The van der Waals surface area contributed by atoms with Crippen molar-refractivity contribution < 1.29 is 24.2 Å². The Morgan fingerprint density at radius 1 is 1.64 bits per heavy atom.